The first-order chi connectivity index (χ1) is 9.67. The van der Waals surface area contributed by atoms with Crippen LogP contribution in [0, 0.1) is 0 Å². The van der Waals surface area contributed by atoms with Crippen LogP contribution in [0.4, 0.5) is 5.69 Å². The fourth-order valence-electron chi connectivity index (χ4n) is 1.85. The smallest absolute Gasteiger partial charge is 0.263 e. The van der Waals surface area contributed by atoms with Crippen LogP contribution in [0.5, 0.6) is 5.75 Å². The second-order valence-electron chi connectivity index (χ2n) is 4.16. The number of thiophene rings is 1. The molecule has 0 unspecified atom stereocenters. The van der Waals surface area contributed by atoms with Gasteiger partial charge < -0.3 is 20.5 Å². The van der Waals surface area contributed by atoms with E-state index in [1.54, 1.807) is 7.11 Å². The Hall–Kier alpha value is -1.79. The fourth-order valence-corrected chi connectivity index (χ4v) is 2.92. The molecule has 6 heteroatoms. The number of ether oxygens (including phenoxy) is 2. The van der Waals surface area contributed by atoms with Crippen LogP contribution in [0.2, 0.25) is 0 Å². The van der Waals surface area contributed by atoms with Gasteiger partial charge in [-0.25, -0.2) is 0 Å². The lowest BCUT2D eigenvalue weighted by atomic mass is 10.2. The Bertz CT molecular complexity index is 610. The van der Waals surface area contributed by atoms with Crippen molar-refractivity contribution in [2.75, 3.05) is 32.6 Å². The number of anilines is 1. The van der Waals surface area contributed by atoms with Gasteiger partial charge in [0.15, 0.2) is 0 Å². The van der Waals surface area contributed by atoms with Crippen molar-refractivity contribution in [1.82, 2.24) is 5.32 Å². The third-order valence-electron chi connectivity index (χ3n) is 2.88. The van der Waals surface area contributed by atoms with Crippen LogP contribution in [0.25, 0.3) is 10.1 Å². The van der Waals surface area contributed by atoms with Gasteiger partial charge in [-0.2, -0.15) is 0 Å². The first kappa shape index (κ1) is 14.6. The Kier molecular flexibility index (Phi) is 4.81. The molecule has 3 N–H and O–H groups in total. The monoisotopic (exact) mass is 294 g/mol. The van der Waals surface area contributed by atoms with Crippen molar-refractivity contribution < 1.29 is 14.3 Å². The number of carbonyl (C=O) groups excluding carboxylic acids is 1. The molecule has 2 rings (SSSR count). The van der Waals surface area contributed by atoms with E-state index in [1.165, 1.54) is 11.3 Å². The number of benzene rings is 1. The first-order valence-corrected chi connectivity index (χ1v) is 7.21. The molecule has 2 aromatic rings. The van der Waals surface area contributed by atoms with E-state index in [-0.39, 0.29) is 5.91 Å². The van der Waals surface area contributed by atoms with Crippen molar-refractivity contribution in [3.63, 3.8) is 0 Å². The minimum Gasteiger partial charge on any atom is -0.497 e. The predicted molar refractivity (Wildman–Crippen MR) is 81.6 cm³/mol. The van der Waals surface area contributed by atoms with Crippen molar-refractivity contribution in [2.24, 2.45) is 0 Å². The standard InChI is InChI=1S/C14H18N2O3S/c1-3-19-7-6-16-14(17)13-12(15)10-5-4-9(18-2)8-11(10)20-13/h4-5,8H,3,6-7,15H2,1-2H3,(H,16,17). The first-order valence-electron chi connectivity index (χ1n) is 6.39. The molecule has 5 nitrogen and oxygen atoms in total. The summed E-state index contributed by atoms with van der Waals surface area (Å²) in [5.41, 5.74) is 6.55. The Morgan fingerprint density at radius 3 is 2.95 bits per heavy atom. The summed E-state index contributed by atoms with van der Waals surface area (Å²) in [6, 6.07) is 5.59. The SMILES string of the molecule is CCOCCNC(=O)c1sc2cc(OC)ccc2c1N. The normalized spacial score (nSPS) is 10.7. The fraction of sp³-hybridized carbons (Fsp3) is 0.357. The number of nitrogens with two attached hydrogens (primary N) is 1. The molecule has 108 valence electrons. The zero-order valence-electron chi connectivity index (χ0n) is 11.6. The maximum absolute atomic E-state index is 12.1. The van der Waals surface area contributed by atoms with E-state index in [0.717, 1.165) is 15.8 Å². The number of nitrogen functional groups attached to an aromatic ring is 1. The maximum Gasteiger partial charge on any atom is 0.263 e. The summed E-state index contributed by atoms with van der Waals surface area (Å²) in [4.78, 5) is 12.6. The molecule has 0 bridgehead atoms. The van der Waals surface area contributed by atoms with Crippen LogP contribution in [0.15, 0.2) is 18.2 Å². The summed E-state index contributed by atoms with van der Waals surface area (Å²) in [6.45, 7) is 3.53. The summed E-state index contributed by atoms with van der Waals surface area (Å²) in [6.07, 6.45) is 0. The molecule has 0 atom stereocenters. The summed E-state index contributed by atoms with van der Waals surface area (Å²) in [7, 11) is 1.61. The molecule has 1 heterocycles. The van der Waals surface area contributed by atoms with Crippen molar-refractivity contribution in [3.05, 3.63) is 23.1 Å². The lowest BCUT2D eigenvalue weighted by Gasteiger charge is -2.04. The number of hydrogen-bond acceptors (Lipinski definition) is 5. The molecule has 20 heavy (non-hydrogen) atoms. The topological polar surface area (TPSA) is 73.6 Å². The summed E-state index contributed by atoms with van der Waals surface area (Å²) in [5, 5.41) is 3.68. The van der Waals surface area contributed by atoms with Crippen LogP contribution in [-0.2, 0) is 4.74 Å². The molecule has 0 fully saturated rings. The van der Waals surface area contributed by atoms with Gasteiger partial charge in [-0.15, -0.1) is 11.3 Å². The third-order valence-corrected chi connectivity index (χ3v) is 4.05. The largest absolute Gasteiger partial charge is 0.497 e. The van der Waals surface area contributed by atoms with Crippen molar-refractivity contribution in [2.45, 2.75) is 6.92 Å². The van der Waals surface area contributed by atoms with Gasteiger partial charge in [-0.05, 0) is 25.1 Å². The molecular formula is C14H18N2O3S. The van der Waals surface area contributed by atoms with Gasteiger partial charge in [-0.1, -0.05) is 0 Å². The highest BCUT2D eigenvalue weighted by molar-refractivity contribution is 7.21. The summed E-state index contributed by atoms with van der Waals surface area (Å²) >= 11 is 1.37. The quantitative estimate of drug-likeness (QED) is 0.801. The van der Waals surface area contributed by atoms with Crippen LogP contribution < -0.4 is 15.8 Å². The lowest BCUT2D eigenvalue weighted by Crippen LogP contribution is -2.27. The summed E-state index contributed by atoms with van der Waals surface area (Å²) < 4.78 is 11.3. The van der Waals surface area contributed by atoms with Crippen LogP contribution >= 0.6 is 11.3 Å². The van der Waals surface area contributed by atoms with Gasteiger partial charge in [-0.3, -0.25) is 4.79 Å². The Morgan fingerprint density at radius 2 is 2.25 bits per heavy atom. The minimum absolute atomic E-state index is 0.164. The van der Waals surface area contributed by atoms with Gasteiger partial charge in [0.05, 0.1) is 19.4 Å². The third kappa shape index (κ3) is 3.02. The maximum atomic E-state index is 12.1. The van der Waals surface area contributed by atoms with Gasteiger partial charge in [0.1, 0.15) is 10.6 Å². The minimum atomic E-state index is -0.164. The molecule has 0 saturated heterocycles. The molecule has 1 amide bonds. The van der Waals surface area contributed by atoms with Gasteiger partial charge in [0.2, 0.25) is 0 Å². The molecule has 1 aromatic heterocycles. The van der Waals surface area contributed by atoms with Crippen molar-refractivity contribution in [1.29, 1.82) is 0 Å². The molecule has 0 radical (unpaired) electrons. The molecule has 0 aliphatic heterocycles. The molecule has 0 aliphatic rings. The Morgan fingerprint density at radius 1 is 1.45 bits per heavy atom. The van der Waals surface area contributed by atoms with E-state index < -0.39 is 0 Å². The number of rotatable bonds is 6. The van der Waals surface area contributed by atoms with E-state index in [1.807, 2.05) is 25.1 Å². The predicted octanol–water partition coefficient (Wildman–Crippen LogP) is 2.26. The average molecular weight is 294 g/mol. The Balaban J connectivity index is 2.17. The number of nitrogens with one attached hydrogen (secondary N) is 1. The van der Waals surface area contributed by atoms with Gasteiger partial charge >= 0.3 is 0 Å². The highest BCUT2D eigenvalue weighted by Crippen LogP contribution is 2.35. The van der Waals surface area contributed by atoms with Crippen LogP contribution in [-0.4, -0.2) is 32.8 Å². The molecule has 0 aliphatic carbocycles. The zero-order valence-corrected chi connectivity index (χ0v) is 12.4. The second kappa shape index (κ2) is 6.58. The lowest BCUT2D eigenvalue weighted by molar-refractivity contribution is 0.0927. The second-order valence-corrected chi connectivity index (χ2v) is 5.21. The highest BCUT2D eigenvalue weighted by atomic mass is 32.1. The number of amides is 1. The van der Waals surface area contributed by atoms with E-state index in [4.69, 9.17) is 15.2 Å². The number of hydrogen-bond donors (Lipinski definition) is 2. The van der Waals surface area contributed by atoms with E-state index in [0.29, 0.717) is 30.3 Å². The molecule has 0 spiro atoms. The number of methoxy groups -OCH3 is 1. The number of carbonyl (C=O) groups is 1. The van der Waals surface area contributed by atoms with E-state index in [9.17, 15) is 4.79 Å². The van der Waals surface area contributed by atoms with Gasteiger partial charge in [0.25, 0.3) is 5.91 Å². The average Bonchev–Trinajstić information content (AvgIpc) is 2.80. The van der Waals surface area contributed by atoms with E-state index >= 15 is 0 Å². The highest BCUT2D eigenvalue weighted by Gasteiger charge is 2.16. The Labute approximate surface area is 121 Å². The molecule has 1 aromatic carbocycles. The summed E-state index contributed by atoms with van der Waals surface area (Å²) in [5.74, 6) is 0.587. The number of fused-ring (bicyclic) bond motifs is 1. The van der Waals surface area contributed by atoms with Crippen LogP contribution in [0.3, 0.4) is 0 Å². The zero-order chi connectivity index (χ0) is 14.5. The van der Waals surface area contributed by atoms with Crippen molar-refractivity contribution >= 4 is 33.0 Å². The van der Waals surface area contributed by atoms with Gasteiger partial charge in [0, 0.05) is 23.2 Å². The van der Waals surface area contributed by atoms with Crippen LogP contribution in [0.1, 0.15) is 16.6 Å². The molecular weight excluding hydrogens is 276 g/mol. The molecule has 0 saturated carbocycles. The van der Waals surface area contributed by atoms with E-state index in [2.05, 4.69) is 5.32 Å². The van der Waals surface area contributed by atoms with Crippen molar-refractivity contribution in [3.8, 4) is 5.75 Å².